The predicted molar refractivity (Wildman–Crippen MR) is 179 cm³/mol. The van der Waals surface area contributed by atoms with Gasteiger partial charge in [0.1, 0.15) is 5.75 Å². The maximum absolute atomic E-state index is 13.4. The molecule has 2 aromatic carbocycles. The van der Waals surface area contributed by atoms with Crippen LogP contribution in [0.25, 0.3) is 0 Å². The van der Waals surface area contributed by atoms with Crippen LogP contribution in [0.2, 0.25) is 0 Å². The molecule has 2 saturated heterocycles. The first-order valence-electron chi connectivity index (χ1n) is 17.3. The lowest BCUT2D eigenvalue weighted by molar-refractivity contribution is -0.139. The SMILES string of the molecule is CCOC(=O)C1=C(C)N(CCC2CCN(Cc3ccccc3)CC2)C(=O)NC1c1ccc(OCCCCCN2CCOCC2)cc1. The van der Waals surface area contributed by atoms with Crippen molar-refractivity contribution < 1.29 is 23.8 Å². The van der Waals surface area contributed by atoms with E-state index in [1.807, 2.05) is 31.2 Å². The number of carbonyl (C=O) groups is 2. The fraction of sp³-hybridized carbons (Fsp3) is 0.568. The quantitative estimate of drug-likeness (QED) is 0.197. The highest BCUT2D eigenvalue weighted by atomic mass is 16.5. The molecule has 0 radical (unpaired) electrons. The summed E-state index contributed by atoms with van der Waals surface area (Å²) in [5, 5.41) is 3.10. The van der Waals surface area contributed by atoms with E-state index in [0.29, 0.717) is 30.3 Å². The minimum atomic E-state index is -0.571. The minimum Gasteiger partial charge on any atom is -0.494 e. The molecule has 0 bridgehead atoms. The van der Waals surface area contributed by atoms with Crippen molar-refractivity contribution in [1.82, 2.24) is 20.0 Å². The molecule has 9 nitrogen and oxygen atoms in total. The molecule has 0 spiro atoms. The van der Waals surface area contributed by atoms with Crippen LogP contribution in [-0.4, -0.2) is 92.4 Å². The van der Waals surface area contributed by atoms with Crippen molar-refractivity contribution in [3.63, 3.8) is 0 Å². The lowest BCUT2D eigenvalue weighted by atomic mass is 9.92. The molecule has 0 aromatic heterocycles. The van der Waals surface area contributed by atoms with E-state index in [9.17, 15) is 9.59 Å². The topological polar surface area (TPSA) is 83.6 Å². The zero-order chi connectivity index (χ0) is 32.1. The molecule has 0 saturated carbocycles. The first-order chi connectivity index (χ1) is 22.5. The van der Waals surface area contributed by atoms with Gasteiger partial charge >= 0.3 is 12.0 Å². The maximum atomic E-state index is 13.4. The van der Waals surface area contributed by atoms with Crippen LogP contribution in [0.3, 0.4) is 0 Å². The number of hydrogen-bond acceptors (Lipinski definition) is 7. The molecule has 2 fully saturated rings. The Hall–Kier alpha value is -3.40. The van der Waals surface area contributed by atoms with E-state index in [4.69, 9.17) is 14.2 Å². The molecule has 250 valence electrons. The van der Waals surface area contributed by atoms with Crippen LogP contribution in [0.15, 0.2) is 65.9 Å². The maximum Gasteiger partial charge on any atom is 0.338 e. The third kappa shape index (κ3) is 9.56. The third-order valence-electron chi connectivity index (χ3n) is 9.51. The van der Waals surface area contributed by atoms with Crippen molar-refractivity contribution in [2.45, 2.75) is 65.0 Å². The number of rotatable bonds is 15. The molecule has 2 aromatic rings. The van der Waals surface area contributed by atoms with Crippen molar-refractivity contribution in [3.8, 4) is 5.75 Å². The number of morpholine rings is 1. The summed E-state index contributed by atoms with van der Waals surface area (Å²) in [6.45, 7) is 13.2. The Labute approximate surface area is 274 Å². The lowest BCUT2D eigenvalue weighted by Crippen LogP contribution is -2.48. The summed E-state index contributed by atoms with van der Waals surface area (Å²) in [6.07, 6.45) is 6.42. The van der Waals surface area contributed by atoms with Gasteiger partial charge in [-0.2, -0.15) is 0 Å². The monoisotopic (exact) mass is 632 g/mol. The van der Waals surface area contributed by atoms with Crippen LogP contribution < -0.4 is 10.1 Å². The Kier molecular flexibility index (Phi) is 12.9. The standard InChI is InChI=1S/C37H52N4O5/c1-3-45-36(42)34-29(2)41(22-18-30-16-20-40(21-17-30)28-31-10-6-4-7-11-31)37(43)38-35(34)32-12-14-33(15-13-32)46-25-9-5-8-19-39-23-26-44-27-24-39/h4,6-7,10-15,30,35H,3,5,8-9,16-28H2,1-2H3,(H,38,43). The highest BCUT2D eigenvalue weighted by Gasteiger charge is 2.36. The van der Waals surface area contributed by atoms with E-state index < -0.39 is 6.04 Å². The lowest BCUT2D eigenvalue weighted by Gasteiger charge is -2.37. The zero-order valence-electron chi connectivity index (χ0n) is 27.8. The van der Waals surface area contributed by atoms with Crippen molar-refractivity contribution >= 4 is 12.0 Å². The predicted octanol–water partition coefficient (Wildman–Crippen LogP) is 5.77. The van der Waals surface area contributed by atoms with Crippen LogP contribution >= 0.6 is 0 Å². The number of likely N-dealkylation sites (tertiary alicyclic amines) is 1. The Balaban J connectivity index is 1.12. The number of benzene rings is 2. The molecule has 3 aliphatic heterocycles. The number of urea groups is 1. The average molecular weight is 633 g/mol. The second-order valence-electron chi connectivity index (χ2n) is 12.7. The summed E-state index contributed by atoms with van der Waals surface area (Å²) in [7, 11) is 0. The summed E-state index contributed by atoms with van der Waals surface area (Å²) in [5.74, 6) is 0.948. The Morgan fingerprint density at radius 2 is 1.65 bits per heavy atom. The van der Waals surface area contributed by atoms with E-state index in [2.05, 4.69) is 45.4 Å². The molecule has 2 amide bonds. The first-order valence-corrected chi connectivity index (χ1v) is 17.3. The van der Waals surface area contributed by atoms with Gasteiger partial charge in [-0.3, -0.25) is 14.7 Å². The number of carbonyl (C=O) groups excluding carboxylic acids is 2. The number of amides is 2. The summed E-state index contributed by atoms with van der Waals surface area (Å²) < 4.78 is 16.9. The molecule has 46 heavy (non-hydrogen) atoms. The van der Waals surface area contributed by atoms with E-state index in [0.717, 1.165) is 102 Å². The molecule has 5 rings (SSSR count). The van der Waals surface area contributed by atoms with E-state index >= 15 is 0 Å². The van der Waals surface area contributed by atoms with E-state index in [-0.39, 0.29) is 18.6 Å². The molecule has 1 atom stereocenters. The smallest absolute Gasteiger partial charge is 0.338 e. The Morgan fingerprint density at radius 3 is 2.37 bits per heavy atom. The van der Waals surface area contributed by atoms with E-state index in [1.54, 1.807) is 11.8 Å². The van der Waals surface area contributed by atoms with Gasteiger partial charge in [0.25, 0.3) is 0 Å². The fourth-order valence-electron chi connectivity index (χ4n) is 6.75. The Bertz CT molecular complexity index is 1270. The van der Waals surface area contributed by atoms with Gasteiger partial charge in [-0.1, -0.05) is 42.5 Å². The number of esters is 1. The van der Waals surface area contributed by atoms with Crippen LogP contribution in [0, 0.1) is 5.92 Å². The zero-order valence-corrected chi connectivity index (χ0v) is 27.8. The average Bonchev–Trinajstić information content (AvgIpc) is 3.08. The van der Waals surface area contributed by atoms with Gasteiger partial charge in [-0.05, 0) is 101 Å². The van der Waals surface area contributed by atoms with Gasteiger partial charge in [0.2, 0.25) is 0 Å². The second kappa shape index (κ2) is 17.5. The van der Waals surface area contributed by atoms with Crippen molar-refractivity contribution in [3.05, 3.63) is 77.0 Å². The van der Waals surface area contributed by atoms with Crippen molar-refractivity contribution in [2.24, 2.45) is 5.92 Å². The van der Waals surface area contributed by atoms with Gasteiger partial charge in [0.15, 0.2) is 0 Å². The molecular formula is C37H52N4O5. The van der Waals surface area contributed by atoms with Gasteiger partial charge in [0.05, 0.1) is 38.0 Å². The van der Waals surface area contributed by atoms with Gasteiger partial charge in [-0.25, -0.2) is 9.59 Å². The normalized spacial score (nSPS) is 20.1. The number of nitrogens with zero attached hydrogens (tertiary/aromatic N) is 3. The van der Waals surface area contributed by atoms with Crippen molar-refractivity contribution in [1.29, 1.82) is 0 Å². The largest absolute Gasteiger partial charge is 0.494 e. The molecule has 9 heteroatoms. The summed E-state index contributed by atoms with van der Waals surface area (Å²) >= 11 is 0. The molecule has 1 unspecified atom stereocenters. The van der Waals surface area contributed by atoms with Gasteiger partial charge in [0, 0.05) is 31.9 Å². The minimum absolute atomic E-state index is 0.172. The molecule has 3 heterocycles. The van der Waals surface area contributed by atoms with Crippen LogP contribution in [-0.2, 0) is 20.8 Å². The molecular weight excluding hydrogens is 580 g/mol. The van der Waals surface area contributed by atoms with Gasteiger partial charge < -0.3 is 19.5 Å². The highest BCUT2D eigenvalue weighted by molar-refractivity contribution is 5.95. The first kappa shape index (κ1) is 33.9. The number of unbranched alkanes of at least 4 members (excludes halogenated alkanes) is 2. The summed E-state index contributed by atoms with van der Waals surface area (Å²) in [5.41, 5.74) is 3.35. The summed E-state index contributed by atoms with van der Waals surface area (Å²) in [6, 6.07) is 17.6. The molecule has 3 aliphatic rings. The van der Waals surface area contributed by atoms with Crippen LogP contribution in [0.1, 0.15) is 69.5 Å². The number of nitrogens with one attached hydrogen (secondary N) is 1. The third-order valence-corrected chi connectivity index (χ3v) is 9.51. The Morgan fingerprint density at radius 1 is 0.913 bits per heavy atom. The number of piperidine rings is 1. The van der Waals surface area contributed by atoms with E-state index in [1.165, 1.54) is 5.56 Å². The fourth-order valence-corrected chi connectivity index (χ4v) is 6.75. The second-order valence-corrected chi connectivity index (χ2v) is 12.7. The number of hydrogen-bond donors (Lipinski definition) is 1. The highest BCUT2D eigenvalue weighted by Crippen LogP contribution is 2.33. The van der Waals surface area contributed by atoms with Crippen LogP contribution in [0.5, 0.6) is 5.75 Å². The van der Waals surface area contributed by atoms with Crippen LogP contribution in [0.4, 0.5) is 4.79 Å². The summed E-state index contributed by atoms with van der Waals surface area (Å²) in [4.78, 5) is 33.4. The van der Waals surface area contributed by atoms with Gasteiger partial charge in [-0.15, -0.1) is 0 Å². The molecule has 1 N–H and O–H groups in total. The molecule has 0 aliphatic carbocycles. The number of ether oxygens (including phenoxy) is 3. The number of allylic oxidation sites excluding steroid dienone is 1. The van der Waals surface area contributed by atoms with Crippen molar-refractivity contribution in [2.75, 3.05) is 65.7 Å².